The number of hydrogen-bond donors (Lipinski definition) is 1. The largest absolute Gasteiger partial charge is 0.468 e. The first-order valence-corrected chi connectivity index (χ1v) is 8.55. The Bertz CT molecular complexity index is 735. The number of fused-ring (bicyclic) bond motifs is 2. The van der Waals surface area contributed by atoms with Crippen LogP contribution in [-0.2, 0) is 16.0 Å². The molecular formula is C20H26O4. The number of aliphatic hydroxyl groups is 1. The third-order valence-electron chi connectivity index (χ3n) is 6.03. The van der Waals surface area contributed by atoms with E-state index in [1.807, 2.05) is 27.7 Å². The van der Waals surface area contributed by atoms with Crippen LogP contribution in [0.3, 0.4) is 0 Å². The average molecular weight is 330 g/mol. The second-order valence-electron chi connectivity index (χ2n) is 7.43. The zero-order valence-electron chi connectivity index (χ0n) is 15.1. The van der Waals surface area contributed by atoms with E-state index in [0.717, 1.165) is 28.9 Å². The van der Waals surface area contributed by atoms with Crippen LogP contribution in [0.5, 0.6) is 0 Å². The van der Waals surface area contributed by atoms with E-state index in [2.05, 4.69) is 6.08 Å². The van der Waals surface area contributed by atoms with Crippen molar-refractivity contribution in [3.05, 3.63) is 46.4 Å². The van der Waals surface area contributed by atoms with Crippen LogP contribution in [-0.4, -0.2) is 16.7 Å². The van der Waals surface area contributed by atoms with E-state index >= 15 is 0 Å². The van der Waals surface area contributed by atoms with Gasteiger partial charge in [0.1, 0.15) is 11.9 Å². The average Bonchev–Trinajstić information content (AvgIpc) is 2.89. The summed E-state index contributed by atoms with van der Waals surface area (Å²) in [5.74, 6) is 0.489. The first kappa shape index (κ1) is 17.0. The Morgan fingerprint density at radius 2 is 2.17 bits per heavy atom. The Hall–Kier alpha value is -1.81. The van der Waals surface area contributed by atoms with Gasteiger partial charge in [0.25, 0.3) is 0 Å². The zero-order chi connectivity index (χ0) is 17.7. The second-order valence-corrected chi connectivity index (χ2v) is 7.43. The van der Waals surface area contributed by atoms with Crippen molar-refractivity contribution < 1.29 is 19.1 Å². The van der Waals surface area contributed by atoms with E-state index in [0.29, 0.717) is 18.4 Å². The minimum atomic E-state index is -0.951. The molecule has 24 heavy (non-hydrogen) atoms. The monoisotopic (exact) mass is 330 g/mol. The molecule has 4 nitrogen and oxygen atoms in total. The Balaban J connectivity index is 2.16. The van der Waals surface area contributed by atoms with Crippen LogP contribution >= 0.6 is 0 Å². The molecule has 0 radical (unpaired) electrons. The number of ether oxygens (including phenoxy) is 1. The molecule has 0 spiro atoms. The van der Waals surface area contributed by atoms with Gasteiger partial charge in [0.05, 0.1) is 17.3 Å². The number of esters is 1. The van der Waals surface area contributed by atoms with Crippen LogP contribution < -0.4 is 0 Å². The molecule has 0 aromatic carbocycles. The number of carbonyl (C=O) groups excluding carboxylic acids is 1. The van der Waals surface area contributed by atoms with E-state index in [1.54, 1.807) is 19.3 Å². The lowest BCUT2D eigenvalue weighted by atomic mass is 9.56. The number of carbonyl (C=O) groups is 1. The van der Waals surface area contributed by atoms with Gasteiger partial charge in [0.15, 0.2) is 0 Å². The Morgan fingerprint density at radius 1 is 1.46 bits per heavy atom. The molecule has 2 aliphatic rings. The van der Waals surface area contributed by atoms with Crippen LogP contribution in [0.2, 0.25) is 0 Å². The summed E-state index contributed by atoms with van der Waals surface area (Å²) in [4.78, 5) is 12.5. The number of furan rings is 1. The van der Waals surface area contributed by atoms with Gasteiger partial charge in [0.2, 0.25) is 0 Å². The molecule has 3 rings (SSSR count). The van der Waals surface area contributed by atoms with Gasteiger partial charge in [-0.2, -0.15) is 0 Å². The van der Waals surface area contributed by atoms with Crippen molar-refractivity contribution in [3.63, 3.8) is 0 Å². The van der Waals surface area contributed by atoms with Crippen molar-refractivity contribution in [1.82, 2.24) is 0 Å². The lowest BCUT2D eigenvalue weighted by molar-refractivity contribution is -0.168. The van der Waals surface area contributed by atoms with Crippen LogP contribution in [0.1, 0.15) is 63.5 Å². The molecule has 1 heterocycles. The summed E-state index contributed by atoms with van der Waals surface area (Å²) in [5, 5.41) is 11.2. The molecule has 2 aliphatic carbocycles. The number of allylic oxidation sites excluding steroid dienone is 2. The topological polar surface area (TPSA) is 59.7 Å². The molecule has 1 N–H and O–H groups in total. The highest BCUT2D eigenvalue weighted by atomic mass is 16.5. The minimum absolute atomic E-state index is 0.349. The molecule has 0 bridgehead atoms. The maximum atomic E-state index is 12.5. The molecule has 4 heteroatoms. The van der Waals surface area contributed by atoms with Gasteiger partial charge in [-0.25, -0.2) is 4.79 Å². The van der Waals surface area contributed by atoms with Gasteiger partial charge in [-0.1, -0.05) is 17.7 Å². The lowest BCUT2D eigenvalue weighted by Gasteiger charge is -2.53. The maximum Gasteiger partial charge on any atom is 0.334 e. The van der Waals surface area contributed by atoms with E-state index in [-0.39, 0.29) is 5.97 Å². The molecule has 0 saturated heterocycles. The molecule has 130 valence electrons. The molecular weight excluding hydrogens is 304 g/mol. The fourth-order valence-electron chi connectivity index (χ4n) is 4.00. The fourth-order valence-corrected chi connectivity index (χ4v) is 4.00. The van der Waals surface area contributed by atoms with Gasteiger partial charge in [-0.15, -0.1) is 0 Å². The molecule has 1 aromatic rings. The minimum Gasteiger partial charge on any atom is -0.468 e. The smallest absolute Gasteiger partial charge is 0.334 e. The molecule has 3 atom stereocenters. The van der Waals surface area contributed by atoms with Crippen LogP contribution in [0, 0.1) is 12.3 Å². The lowest BCUT2D eigenvalue weighted by Crippen LogP contribution is -2.53. The zero-order valence-corrected chi connectivity index (χ0v) is 15.1. The normalized spacial score (nSPS) is 32.7. The highest BCUT2D eigenvalue weighted by molar-refractivity contribution is 5.88. The molecule has 1 aromatic heterocycles. The van der Waals surface area contributed by atoms with Crippen molar-refractivity contribution >= 4 is 5.97 Å². The summed E-state index contributed by atoms with van der Waals surface area (Å²) < 4.78 is 11.7. The quantitative estimate of drug-likeness (QED) is 0.502. The molecule has 0 amide bonds. The summed E-state index contributed by atoms with van der Waals surface area (Å²) in [6.07, 6.45) is 7.20. The van der Waals surface area contributed by atoms with Crippen molar-refractivity contribution in [2.45, 2.75) is 65.6 Å². The van der Waals surface area contributed by atoms with Gasteiger partial charge in [-0.05, 0) is 53.0 Å². The Kier molecular flexibility index (Phi) is 3.99. The molecule has 0 aliphatic heterocycles. The number of hydrogen-bond acceptors (Lipinski definition) is 4. The number of rotatable bonds is 2. The standard InChI is InChI=1S/C20H26O4/c1-6-12(2)18(21)24-17-16-13(3)11-23-15(16)10-14-8-7-9-19(4,22)20(14,17)5/h6,8,11,17,22H,7,9-10H2,1-5H3/b12-6+/t17-,19-,20-/m1/s1. The summed E-state index contributed by atoms with van der Waals surface area (Å²) >= 11 is 0. The highest BCUT2D eigenvalue weighted by Gasteiger charge is 2.58. The van der Waals surface area contributed by atoms with E-state index in [1.165, 1.54) is 0 Å². The van der Waals surface area contributed by atoms with E-state index in [9.17, 15) is 9.90 Å². The van der Waals surface area contributed by atoms with Crippen LogP contribution in [0.4, 0.5) is 0 Å². The van der Waals surface area contributed by atoms with Crippen molar-refractivity contribution in [1.29, 1.82) is 0 Å². The maximum absolute atomic E-state index is 12.5. The summed E-state index contributed by atoms with van der Waals surface area (Å²) in [6.45, 7) is 9.38. The van der Waals surface area contributed by atoms with Crippen LogP contribution in [0.25, 0.3) is 0 Å². The van der Waals surface area contributed by atoms with Crippen molar-refractivity contribution in [2.75, 3.05) is 0 Å². The van der Waals surface area contributed by atoms with Gasteiger partial charge in [-0.3, -0.25) is 0 Å². The molecule has 0 unspecified atom stereocenters. The SMILES string of the molecule is C/C=C(\C)C(=O)O[C@@H]1c2c(C)coc2CC2=CCC[C@@](C)(O)[C@]21C. The highest BCUT2D eigenvalue weighted by Crippen LogP contribution is 2.59. The van der Waals surface area contributed by atoms with Crippen molar-refractivity contribution in [3.8, 4) is 0 Å². The van der Waals surface area contributed by atoms with Gasteiger partial charge in [0, 0.05) is 17.6 Å². The second kappa shape index (κ2) is 5.62. The van der Waals surface area contributed by atoms with E-state index < -0.39 is 17.1 Å². The predicted molar refractivity (Wildman–Crippen MR) is 91.5 cm³/mol. The molecule has 0 fully saturated rings. The first-order chi connectivity index (χ1) is 11.2. The fraction of sp³-hybridized carbons (Fsp3) is 0.550. The summed E-state index contributed by atoms with van der Waals surface area (Å²) in [5.41, 5.74) is 1.92. The van der Waals surface area contributed by atoms with Crippen molar-refractivity contribution in [2.24, 2.45) is 5.41 Å². The summed E-state index contributed by atoms with van der Waals surface area (Å²) in [6, 6.07) is 0. The van der Waals surface area contributed by atoms with Gasteiger partial charge >= 0.3 is 5.97 Å². The first-order valence-electron chi connectivity index (χ1n) is 8.55. The van der Waals surface area contributed by atoms with Crippen LogP contribution in [0.15, 0.2) is 34.0 Å². The van der Waals surface area contributed by atoms with Gasteiger partial charge < -0.3 is 14.3 Å². The van der Waals surface area contributed by atoms with E-state index in [4.69, 9.17) is 9.15 Å². The number of aryl methyl sites for hydroxylation is 1. The Labute approximate surface area is 143 Å². The predicted octanol–water partition coefficient (Wildman–Crippen LogP) is 4.17. The summed E-state index contributed by atoms with van der Waals surface area (Å²) in [7, 11) is 0. The third-order valence-corrected chi connectivity index (χ3v) is 6.03. The third kappa shape index (κ3) is 2.27. The Morgan fingerprint density at radius 3 is 2.83 bits per heavy atom. The molecule has 0 saturated carbocycles.